The van der Waals surface area contributed by atoms with Gasteiger partial charge in [-0.1, -0.05) is 42.5 Å². The number of likely N-dealkylation sites (tertiary alicyclic amines) is 1. The van der Waals surface area contributed by atoms with Gasteiger partial charge in [-0.15, -0.1) is 0 Å². The summed E-state index contributed by atoms with van der Waals surface area (Å²) in [6, 6.07) is 17.6. The van der Waals surface area contributed by atoms with E-state index in [9.17, 15) is 10.2 Å². The molecule has 28 heavy (non-hydrogen) atoms. The molecule has 0 spiro atoms. The van der Waals surface area contributed by atoms with E-state index in [0.29, 0.717) is 19.8 Å². The van der Waals surface area contributed by atoms with Crippen LogP contribution >= 0.6 is 0 Å². The highest BCUT2D eigenvalue weighted by molar-refractivity contribution is 5.27. The zero-order chi connectivity index (χ0) is 19.8. The average Bonchev–Trinajstić information content (AvgIpc) is 2.74. The molecule has 3 rings (SSSR count). The van der Waals surface area contributed by atoms with Crippen molar-refractivity contribution in [1.82, 2.24) is 4.90 Å². The summed E-state index contributed by atoms with van der Waals surface area (Å²) in [4.78, 5) is 2.26. The lowest BCUT2D eigenvalue weighted by atomic mass is 9.87. The Hall–Kier alpha value is -1.92. The molecule has 0 radical (unpaired) electrons. The van der Waals surface area contributed by atoms with Crippen LogP contribution in [0.3, 0.4) is 0 Å². The third-order valence-electron chi connectivity index (χ3n) is 5.40. The van der Waals surface area contributed by atoms with Crippen LogP contribution in [0, 0.1) is 5.92 Å². The van der Waals surface area contributed by atoms with Gasteiger partial charge in [0.15, 0.2) is 0 Å². The van der Waals surface area contributed by atoms with Crippen molar-refractivity contribution in [2.24, 2.45) is 5.92 Å². The normalized spacial score (nSPS) is 18.0. The molecule has 2 unspecified atom stereocenters. The van der Waals surface area contributed by atoms with E-state index >= 15 is 0 Å². The lowest BCUT2D eigenvalue weighted by Crippen LogP contribution is -2.41. The van der Waals surface area contributed by atoms with Crippen molar-refractivity contribution in [3.05, 3.63) is 65.7 Å². The van der Waals surface area contributed by atoms with E-state index in [1.165, 1.54) is 0 Å². The van der Waals surface area contributed by atoms with Gasteiger partial charge < -0.3 is 24.6 Å². The molecule has 0 amide bonds. The summed E-state index contributed by atoms with van der Waals surface area (Å²) in [6.07, 6.45) is 0.960. The Labute approximate surface area is 167 Å². The predicted molar refractivity (Wildman–Crippen MR) is 109 cm³/mol. The quantitative estimate of drug-likeness (QED) is 0.695. The van der Waals surface area contributed by atoms with Crippen molar-refractivity contribution in [2.45, 2.75) is 31.7 Å². The number of β-amino-alcohol motifs (C(OH)–C–C–N with tert-alkyl or cyclic N) is 1. The Morgan fingerprint density at radius 3 is 2.50 bits per heavy atom. The van der Waals surface area contributed by atoms with E-state index in [1.807, 2.05) is 54.6 Å². The number of nitrogens with zero attached hydrogens (tertiary/aromatic N) is 1. The molecule has 5 heteroatoms. The second kappa shape index (κ2) is 10.6. The third kappa shape index (κ3) is 6.04. The summed E-state index contributed by atoms with van der Waals surface area (Å²) in [5.74, 6) is 1.09. The van der Waals surface area contributed by atoms with Crippen LogP contribution in [0.5, 0.6) is 5.75 Å². The summed E-state index contributed by atoms with van der Waals surface area (Å²) in [5, 5.41) is 20.9. The minimum Gasteiger partial charge on any atom is -0.497 e. The van der Waals surface area contributed by atoms with Crippen molar-refractivity contribution < 1.29 is 19.7 Å². The van der Waals surface area contributed by atoms with Gasteiger partial charge in [0.2, 0.25) is 0 Å². The summed E-state index contributed by atoms with van der Waals surface area (Å²) in [7, 11) is 1.64. The largest absolute Gasteiger partial charge is 0.497 e. The maximum absolute atomic E-state index is 10.6. The van der Waals surface area contributed by atoms with Crippen LogP contribution in [0.25, 0.3) is 0 Å². The first-order valence-electron chi connectivity index (χ1n) is 10.00. The maximum Gasteiger partial charge on any atom is 0.119 e. The van der Waals surface area contributed by atoms with Gasteiger partial charge in [0.05, 0.1) is 32.5 Å². The molecule has 0 bridgehead atoms. The standard InChI is InChI=1S/C23H31NO4/c1-27-22-9-5-6-18(14-22)16-28-17-21(25)15-24-12-10-20(11-13-24)23(26)19-7-3-2-4-8-19/h2-9,14,20-21,23,25-26H,10-13,15-17H2,1H3. The van der Waals surface area contributed by atoms with Gasteiger partial charge in [0.1, 0.15) is 5.75 Å². The molecule has 1 aliphatic rings. The lowest BCUT2D eigenvalue weighted by Gasteiger charge is -2.35. The lowest BCUT2D eigenvalue weighted by molar-refractivity contribution is -0.00352. The molecule has 2 aromatic rings. The van der Waals surface area contributed by atoms with Gasteiger partial charge in [-0.3, -0.25) is 0 Å². The number of aliphatic hydroxyl groups is 2. The van der Waals surface area contributed by atoms with Crippen molar-refractivity contribution in [3.8, 4) is 5.75 Å². The predicted octanol–water partition coefficient (Wildman–Crippen LogP) is 3.02. The molecular weight excluding hydrogens is 354 g/mol. The fraction of sp³-hybridized carbons (Fsp3) is 0.478. The first-order valence-corrected chi connectivity index (χ1v) is 10.00. The van der Waals surface area contributed by atoms with E-state index < -0.39 is 12.2 Å². The molecule has 0 saturated carbocycles. The first kappa shape index (κ1) is 20.8. The van der Waals surface area contributed by atoms with E-state index in [2.05, 4.69) is 4.90 Å². The fourth-order valence-corrected chi connectivity index (χ4v) is 3.80. The minimum atomic E-state index is -0.513. The number of hydrogen-bond acceptors (Lipinski definition) is 5. The van der Waals surface area contributed by atoms with E-state index in [4.69, 9.17) is 9.47 Å². The molecule has 0 aliphatic carbocycles. The summed E-state index contributed by atoms with van der Waals surface area (Å²) < 4.78 is 10.9. The number of hydrogen-bond donors (Lipinski definition) is 2. The van der Waals surface area contributed by atoms with Crippen molar-refractivity contribution in [3.63, 3.8) is 0 Å². The van der Waals surface area contributed by atoms with E-state index in [1.54, 1.807) is 7.11 Å². The summed E-state index contributed by atoms with van der Waals surface area (Å²) in [5.41, 5.74) is 2.02. The molecule has 2 atom stereocenters. The number of ether oxygens (including phenoxy) is 2. The van der Waals surface area contributed by atoms with Gasteiger partial charge in [-0.2, -0.15) is 0 Å². The average molecular weight is 386 g/mol. The molecule has 1 heterocycles. The molecule has 152 valence electrons. The van der Waals surface area contributed by atoms with Gasteiger partial charge in [0, 0.05) is 6.54 Å². The third-order valence-corrected chi connectivity index (χ3v) is 5.40. The SMILES string of the molecule is COc1cccc(COCC(O)CN2CCC(C(O)c3ccccc3)CC2)c1. The van der Waals surface area contributed by atoms with E-state index in [-0.39, 0.29) is 5.92 Å². The van der Waals surface area contributed by atoms with Gasteiger partial charge in [0.25, 0.3) is 0 Å². The van der Waals surface area contributed by atoms with Crippen molar-refractivity contribution in [1.29, 1.82) is 0 Å². The molecule has 1 fully saturated rings. The topological polar surface area (TPSA) is 62.2 Å². The Bertz CT molecular complexity index is 701. The van der Waals surface area contributed by atoms with Crippen LogP contribution in [-0.2, 0) is 11.3 Å². The Kier molecular flexibility index (Phi) is 7.86. The van der Waals surface area contributed by atoms with Crippen LogP contribution in [0.4, 0.5) is 0 Å². The first-order chi connectivity index (χ1) is 13.7. The Morgan fingerprint density at radius 2 is 1.79 bits per heavy atom. The zero-order valence-electron chi connectivity index (χ0n) is 16.5. The highest BCUT2D eigenvalue weighted by atomic mass is 16.5. The van der Waals surface area contributed by atoms with Crippen LogP contribution in [-0.4, -0.2) is 54.6 Å². The zero-order valence-corrected chi connectivity index (χ0v) is 16.5. The molecule has 2 aromatic carbocycles. The second-order valence-electron chi connectivity index (χ2n) is 7.51. The molecule has 0 aromatic heterocycles. The van der Waals surface area contributed by atoms with Crippen molar-refractivity contribution >= 4 is 0 Å². The molecule has 1 saturated heterocycles. The number of benzene rings is 2. The van der Waals surface area contributed by atoms with Crippen LogP contribution in [0.2, 0.25) is 0 Å². The number of rotatable bonds is 9. The molecule has 5 nitrogen and oxygen atoms in total. The van der Waals surface area contributed by atoms with Crippen LogP contribution in [0.1, 0.15) is 30.1 Å². The van der Waals surface area contributed by atoms with Gasteiger partial charge >= 0.3 is 0 Å². The van der Waals surface area contributed by atoms with Crippen LogP contribution in [0.15, 0.2) is 54.6 Å². The monoisotopic (exact) mass is 385 g/mol. The maximum atomic E-state index is 10.6. The molecule has 1 aliphatic heterocycles. The highest BCUT2D eigenvalue weighted by Crippen LogP contribution is 2.30. The number of methoxy groups -OCH3 is 1. The van der Waals surface area contributed by atoms with Gasteiger partial charge in [-0.25, -0.2) is 0 Å². The summed E-state index contributed by atoms with van der Waals surface area (Å²) >= 11 is 0. The smallest absolute Gasteiger partial charge is 0.119 e. The van der Waals surface area contributed by atoms with Gasteiger partial charge in [-0.05, 0) is 55.1 Å². The minimum absolute atomic E-state index is 0.278. The highest BCUT2D eigenvalue weighted by Gasteiger charge is 2.26. The van der Waals surface area contributed by atoms with Crippen molar-refractivity contribution in [2.75, 3.05) is 33.4 Å². The van der Waals surface area contributed by atoms with E-state index in [0.717, 1.165) is 42.8 Å². The fourth-order valence-electron chi connectivity index (χ4n) is 3.80. The molecular formula is C23H31NO4. The second-order valence-corrected chi connectivity index (χ2v) is 7.51. The van der Waals surface area contributed by atoms with Crippen LogP contribution < -0.4 is 4.74 Å². The Balaban J connectivity index is 1.36. The number of piperidine rings is 1. The molecule has 2 N–H and O–H groups in total. The number of aliphatic hydroxyl groups excluding tert-OH is 2. The summed E-state index contributed by atoms with van der Waals surface area (Å²) in [6.45, 7) is 3.15. The Morgan fingerprint density at radius 1 is 1.04 bits per heavy atom.